The van der Waals surface area contributed by atoms with Crippen LogP contribution in [0.3, 0.4) is 0 Å². The lowest BCUT2D eigenvalue weighted by Crippen LogP contribution is -2.46. The van der Waals surface area contributed by atoms with Crippen molar-refractivity contribution in [2.45, 2.75) is 39.3 Å². The summed E-state index contributed by atoms with van der Waals surface area (Å²) < 4.78 is 2.06. The zero-order chi connectivity index (χ0) is 17.7. The summed E-state index contributed by atoms with van der Waals surface area (Å²) in [5, 5.41) is 4.33. The van der Waals surface area contributed by atoms with Gasteiger partial charge in [0.05, 0.1) is 11.6 Å². The monoisotopic (exact) mass is 481 g/mol. The molecule has 0 spiro atoms. The molecular formula is C18H33ClIN5. The van der Waals surface area contributed by atoms with Crippen LogP contribution in [0.2, 0.25) is 5.02 Å². The van der Waals surface area contributed by atoms with E-state index in [0.29, 0.717) is 12.0 Å². The van der Waals surface area contributed by atoms with Crippen molar-refractivity contribution in [3.05, 3.63) is 23.0 Å². The van der Waals surface area contributed by atoms with Crippen molar-refractivity contribution >= 4 is 41.5 Å². The quantitative estimate of drug-likeness (QED) is 0.398. The Labute approximate surface area is 174 Å². The Hall–Kier alpha value is -0.470. The van der Waals surface area contributed by atoms with Crippen LogP contribution >= 0.6 is 35.6 Å². The molecule has 2 heterocycles. The predicted octanol–water partition coefficient (Wildman–Crippen LogP) is 3.42. The van der Waals surface area contributed by atoms with E-state index in [1.165, 1.54) is 31.6 Å². The number of nitrogens with one attached hydrogen (secondary N) is 1. The third-order valence-electron chi connectivity index (χ3n) is 4.88. The van der Waals surface area contributed by atoms with Crippen LogP contribution < -0.4 is 5.32 Å². The number of piperidine rings is 1. The molecule has 0 amide bonds. The molecule has 0 bridgehead atoms. The van der Waals surface area contributed by atoms with Gasteiger partial charge in [0.1, 0.15) is 0 Å². The molecule has 7 heteroatoms. The maximum atomic E-state index is 6.07. The van der Waals surface area contributed by atoms with Gasteiger partial charge in [-0.1, -0.05) is 11.6 Å². The number of aliphatic imine (C=N–C) groups is 1. The molecule has 0 saturated carbocycles. The molecule has 1 aliphatic heterocycles. The van der Waals surface area contributed by atoms with E-state index < -0.39 is 0 Å². The van der Waals surface area contributed by atoms with Gasteiger partial charge in [-0.3, -0.25) is 4.99 Å². The summed E-state index contributed by atoms with van der Waals surface area (Å²) >= 11 is 6.07. The fourth-order valence-electron chi connectivity index (χ4n) is 3.39. The van der Waals surface area contributed by atoms with Crippen LogP contribution in [0.15, 0.2) is 17.3 Å². The first-order valence-electron chi connectivity index (χ1n) is 8.87. The molecule has 1 fully saturated rings. The number of likely N-dealkylation sites (tertiary alicyclic amines) is 1. The van der Waals surface area contributed by atoms with Crippen molar-refractivity contribution in [2.75, 3.05) is 33.7 Å². The molecule has 1 aliphatic rings. The Bertz CT molecular complexity index is 558. The van der Waals surface area contributed by atoms with Crippen LogP contribution in [0.5, 0.6) is 0 Å². The molecule has 1 aromatic rings. The number of guanidine groups is 1. The Morgan fingerprint density at radius 1 is 1.48 bits per heavy atom. The second-order valence-electron chi connectivity index (χ2n) is 7.14. The van der Waals surface area contributed by atoms with E-state index in [4.69, 9.17) is 11.6 Å². The molecule has 0 aromatic carbocycles. The average molecular weight is 482 g/mol. The summed E-state index contributed by atoms with van der Waals surface area (Å²) in [5.74, 6) is 1.63. The maximum Gasteiger partial charge on any atom is 0.193 e. The summed E-state index contributed by atoms with van der Waals surface area (Å²) in [6.45, 7) is 8.75. The van der Waals surface area contributed by atoms with Gasteiger partial charge >= 0.3 is 0 Å². The van der Waals surface area contributed by atoms with Gasteiger partial charge in [0.15, 0.2) is 5.96 Å². The second-order valence-corrected chi connectivity index (χ2v) is 7.58. The van der Waals surface area contributed by atoms with Crippen molar-refractivity contribution in [2.24, 2.45) is 18.0 Å². The van der Waals surface area contributed by atoms with Crippen LogP contribution in [-0.4, -0.2) is 60.1 Å². The summed E-state index contributed by atoms with van der Waals surface area (Å²) in [5.41, 5.74) is 1.18. The topological polar surface area (TPSA) is 35.8 Å². The van der Waals surface area contributed by atoms with Crippen molar-refractivity contribution in [1.82, 2.24) is 19.7 Å². The predicted molar refractivity (Wildman–Crippen MR) is 118 cm³/mol. The highest BCUT2D eigenvalue weighted by Gasteiger charge is 2.22. The van der Waals surface area contributed by atoms with E-state index in [1.807, 2.05) is 26.4 Å². The largest absolute Gasteiger partial charge is 0.356 e. The minimum absolute atomic E-state index is 0. The van der Waals surface area contributed by atoms with E-state index in [9.17, 15) is 0 Å². The van der Waals surface area contributed by atoms with Gasteiger partial charge in [0, 0.05) is 52.2 Å². The molecule has 0 aliphatic carbocycles. The number of nitrogens with zero attached hydrogens (tertiary/aromatic N) is 4. The van der Waals surface area contributed by atoms with Crippen LogP contribution in [0.4, 0.5) is 0 Å². The lowest BCUT2D eigenvalue weighted by molar-refractivity contribution is 0.140. The molecular weight excluding hydrogens is 449 g/mol. The zero-order valence-electron chi connectivity index (χ0n) is 16.1. The van der Waals surface area contributed by atoms with Crippen molar-refractivity contribution in [3.8, 4) is 0 Å². The molecule has 1 unspecified atom stereocenters. The van der Waals surface area contributed by atoms with Gasteiger partial charge in [-0.2, -0.15) is 0 Å². The maximum absolute atomic E-state index is 6.07. The molecule has 1 N–H and O–H groups in total. The standard InChI is InChI=1S/C18H32ClN5.HI/c1-14(2)24-8-6-7-15(11-24)10-21-18(20-3)23(5)13-17-9-16(19)12-22(17)4;/h9,12,14-15H,6-8,10-11,13H2,1-5H3,(H,20,21);1H. The van der Waals surface area contributed by atoms with Crippen LogP contribution in [0, 0.1) is 5.92 Å². The summed E-state index contributed by atoms with van der Waals surface area (Å²) in [6, 6.07) is 2.64. The first-order chi connectivity index (χ1) is 11.4. The fourth-order valence-corrected chi connectivity index (χ4v) is 3.67. The highest BCUT2D eigenvalue weighted by atomic mass is 127. The summed E-state index contributed by atoms with van der Waals surface area (Å²) in [7, 11) is 5.93. The van der Waals surface area contributed by atoms with Gasteiger partial charge in [-0.25, -0.2) is 0 Å². The fraction of sp³-hybridized carbons (Fsp3) is 0.722. The molecule has 0 radical (unpaired) electrons. The zero-order valence-corrected chi connectivity index (χ0v) is 19.2. The van der Waals surface area contributed by atoms with Crippen molar-refractivity contribution < 1.29 is 0 Å². The van der Waals surface area contributed by atoms with E-state index in [0.717, 1.165) is 24.1 Å². The minimum Gasteiger partial charge on any atom is -0.356 e. The SMILES string of the molecule is CN=C(NCC1CCCN(C(C)C)C1)N(C)Cc1cc(Cl)cn1C.I. The van der Waals surface area contributed by atoms with Gasteiger partial charge in [0.2, 0.25) is 0 Å². The van der Waals surface area contributed by atoms with Gasteiger partial charge in [-0.05, 0) is 45.2 Å². The van der Waals surface area contributed by atoms with Crippen molar-refractivity contribution in [3.63, 3.8) is 0 Å². The third-order valence-corrected chi connectivity index (χ3v) is 5.08. The lowest BCUT2D eigenvalue weighted by atomic mass is 9.97. The Kier molecular flexibility index (Phi) is 9.59. The Morgan fingerprint density at radius 3 is 2.76 bits per heavy atom. The number of rotatable bonds is 5. The molecule has 1 atom stereocenters. The molecule has 5 nitrogen and oxygen atoms in total. The minimum atomic E-state index is 0. The first-order valence-corrected chi connectivity index (χ1v) is 9.25. The molecule has 2 rings (SSSR count). The Morgan fingerprint density at radius 2 is 2.20 bits per heavy atom. The second kappa shape index (κ2) is 10.6. The number of hydrogen-bond donors (Lipinski definition) is 1. The Balaban J connectivity index is 0.00000312. The molecule has 25 heavy (non-hydrogen) atoms. The highest BCUT2D eigenvalue weighted by Crippen LogP contribution is 2.18. The highest BCUT2D eigenvalue weighted by molar-refractivity contribution is 14.0. The van der Waals surface area contributed by atoms with Crippen LogP contribution in [0.25, 0.3) is 0 Å². The van der Waals surface area contributed by atoms with Gasteiger partial charge < -0.3 is 19.7 Å². The van der Waals surface area contributed by atoms with E-state index in [1.54, 1.807) is 0 Å². The molecule has 144 valence electrons. The number of halogens is 2. The van der Waals surface area contributed by atoms with E-state index in [-0.39, 0.29) is 24.0 Å². The number of aromatic nitrogens is 1. The van der Waals surface area contributed by atoms with Gasteiger partial charge in [-0.15, -0.1) is 24.0 Å². The first kappa shape index (κ1) is 22.6. The number of aryl methyl sites for hydroxylation is 1. The number of hydrogen-bond acceptors (Lipinski definition) is 2. The van der Waals surface area contributed by atoms with Gasteiger partial charge in [0.25, 0.3) is 0 Å². The summed E-state index contributed by atoms with van der Waals surface area (Å²) in [4.78, 5) is 9.16. The van der Waals surface area contributed by atoms with Crippen LogP contribution in [0.1, 0.15) is 32.4 Å². The van der Waals surface area contributed by atoms with Crippen molar-refractivity contribution in [1.29, 1.82) is 0 Å². The molecule has 1 aromatic heterocycles. The van der Waals surface area contributed by atoms with E-state index in [2.05, 4.69) is 45.6 Å². The van der Waals surface area contributed by atoms with Crippen LogP contribution in [-0.2, 0) is 13.6 Å². The molecule has 1 saturated heterocycles. The average Bonchev–Trinajstić information content (AvgIpc) is 2.85. The third kappa shape index (κ3) is 6.64. The normalized spacial score (nSPS) is 19.0. The van der Waals surface area contributed by atoms with E-state index >= 15 is 0 Å². The summed E-state index contributed by atoms with van der Waals surface area (Å²) in [6.07, 6.45) is 4.52. The lowest BCUT2D eigenvalue weighted by Gasteiger charge is -2.36. The smallest absolute Gasteiger partial charge is 0.193 e.